The van der Waals surface area contributed by atoms with Crippen LogP contribution >= 0.6 is 0 Å². The van der Waals surface area contributed by atoms with Gasteiger partial charge in [0.2, 0.25) is 0 Å². The van der Waals surface area contributed by atoms with Gasteiger partial charge in [-0.05, 0) is 37.7 Å². The van der Waals surface area contributed by atoms with Crippen LogP contribution in [-0.4, -0.2) is 32.1 Å². The Balaban J connectivity index is 2.61. The summed E-state index contributed by atoms with van der Waals surface area (Å²) < 4.78 is 18.4. The summed E-state index contributed by atoms with van der Waals surface area (Å²) in [5.74, 6) is -0.105. The molecule has 4 heteroatoms. The fourth-order valence-electron chi connectivity index (χ4n) is 1.87. The van der Waals surface area contributed by atoms with Gasteiger partial charge in [0.15, 0.2) is 11.6 Å². The number of ether oxygens (including phenoxy) is 1. The molecule has 0 aliphatic heterocycles. The molecule has 0 saturated heterocycles. The maximum Gasteiger partial charge on any atom is 0.165 e. The molecule has 0 spiro atoms. The number of likely N-dealkylation sites (N-methyl/N-ethyl adjacent to an activating group) is 1. The van der Waals surface area contributed by atoms with Crippen molar-refractivity contribution in [2.24, 2.45) is 5.73 Å². The number of hydrogen-bond donors (Lipinski definition) is 1. The first-order chi connectivity index (χ1) is 8.58. The van der Waals surface area contributed by atoms with Crippen molar-refractivity contribution in [2.45, 2.75) is 25.8 Å². The molecule has 0 aliphatic rings. The maximum atomic E-state index is 13.6. The molecule has 102 valence electrons. The van der Waals surface area contributed by atoms with Gasteiger partial charge in [-0.15, -0.1) is 0 Å². The van der Waals surface area contributed by atoms with E-state index in [4.69, 9.17) is 10.5 Å². The van der Waals surface area contributed by atoms with Gasteiger partial charge in [-0.25, -0.2) is 4.39 Å². The third-order valence-corrected chi connectivity index (χ3v) is 3.01. The minimum atomic E-state index is -0.360. The zero-order valence-electron chi connectivity index (χ0n) is 11.4. The second-order valence-corrected chi connectivity index (χ2v) is 4.62. The SMILES string of the molecule is CCCCN(C)CC(N)c1ccc(OC)c(F)c1. The lowest BCUT2D eigenvalue weighted by Crippen LogP contribution is -2.29. The van der Waals surface area contributed by atoms with Crippen LogP contribution in [0.1, 0.15) is 31.4 Å². The van der Waals surface area contributed by atoms with E-state index in [9.17, 15) is 4.39 Å². The third kappa shape index (κ3) is 4.27. The molecule has 0 heterocycles. The van der Waals surface area contributed by atoms with Crippen molar-refractivity contribution in [1.29, 1.82) is 0 Å². The van der Waals surface area contributed by atoms with Gasteiger partial charge < -0.3 is 15.4 Å². The van der Waals surface area contributed by atoms with Gasteiger partial charge in [0.25, 0.3) is 0 Å². The van der Waals surface area contributed by atoms with E-state index in [0.717, 1.165) is 31.5 Å². The first-order valence-electron chi connectivity index (χ1n) is 6.36. The standard InChI is InChI=1S/C14H23FN2O/c1-4-5-8-17(2)10-13(16)11-6-7-14(18-3)12(15)9-11/h6-7,9,13H,4-5,8,10,16H2,1-3H3. The Morgan fingerprint density at radius 1 is 1.44 bits per heavy atom. The Morgan fingerprint density at radius 3 is 2.72 bits per heavy atom. The zero-order chi connectivity index (χ0) is 13.5. The number of nitrogens with zero attached hydrogens (tertiary/aromatic N) is 1. The predicted molar refractivity (Wildman–Crippen MR) is 72.3 cm³/mol. The number of rotatable bonds is 7. The Hall–Kier alpha value is -1.13. The summed E-state index contributed by atoms with van der Waals surface area (Å²) in [6.45, 7) is 3.90. The van der Waals surface area contributed by atoms with Gasteiger partial charge >= 0.3 is 0 Å². The minimum Gasteiger partial charge on any atom is -0.494 e. The molecular formula is C14H23FN2O. The highest BCUT2D eigenvalue weighted by atomic mass is 19.1. The molecule has 0 aliphatic carbocycles. The fraction of sp³-hybridized carbons (Fsp3) is 0.571. The molecule has 0 saturated carbocycles. The van der Waals surface area contributed by atoms with Crippen molar-refractivity contribution in [2.75, 3.05) is 27.2 Å². The van der Waals surface area contributed by atoms with Crippen LogP contribution in [0.2, 0.25) is 0 Å². The van der Waals surface area contributed by atoms with Gasteiger partial charge in [0, 0.05) is 12.6 Å². The molecule has 3 nitrogen and oxygen atoms in total. The second kappa shape index (κ2) is 7.34. The average Bonchev–Trinajstić information content (AvgIpc) is 2.36. The number of methoxy groups -OCH3 is 1. The highest BCUT2D eigenvalue weighted by Gasteiger charge is 2.12. The molecule has 1 atom stereocenters. The average molecular weight is 254 g/mol. The monoisotopic (exact) mass is 254 g/mol. The van der Waals surface area contributed by atoms with Crippen LogP contribution in [0, 0.1) is 5.82 Å². The topological polar surface area (TPSA) is 38.5 Å². The van der Waals surface area contributed by atoms with Crippen LogP contribution in [0.25, 0.3) is 0 Å². The van der Waals surface area contributed by atoms with E-state index in [0.29, 0.717) is 0 Å². The van der Waals surface area contributed by atoms with E-state index in [1.807, 2.05) is 13.1 Å². The smallest absolute Gasteiger partial charge is 0.165 e. The van der Waals surface area contributed by atoms with Gasteiger partial charge in [-0.3, -0.25) is 0 Å². The van der Waals surface area contributed by atoms with Crippen LogP contribution in [0.15, 0.2) is 18.2 Å². The Kier molecular flexibility index (Phi) is 6.09. The first kappa shape index (κ1) is 14.9. The van der Waals surface area contributed by atoms with Crippen molar-refractivity contribution in [3.63, 3.8) is 0 Å². The van der Waals surface area contributed by atoms with Gasteiger partial charge in [-0.1, -0.05) is 19.4 Å². The van der Waals surface area contributed by atoms with Gasteiger partial charge in [-0.2, -0.15) is 0 Å². The molecular weight excluding hydrogens is 231 g/mol. The molecule has 1 aromatic carbocycles. The normalized spacial score (nSPS) is 12.8. The van der Waals surface area contributed by atoms with Crippen molar-refractivity contribution < 1.29 is 9.13 Å². The van der Waals surface area contributed by atoms with Crippen LogP contribution in [0.4, 0.5) is 4.39 Å². The minimum absolute atomic E-state index is 0.174. The number of hydrogen-bond acceptors (Lipinski definition) is 3. The lowest BCUT2D eigenvalue weighted by molar-refractivity contribution is 0.307. The summed E-state index contributed by atoms with van der Waals surface area (Å²) in [5, 5.41) is 0. The Morgan fingerprint density at radius 2 is 2.17 bits per heavy atom. The molecule has 1 aromatic rings. The second-order valence-electron chi connectivity index (χ2n) is 4.62. The molecule has 0 bridgehead atoms. The molecule has 0 radical (unpaired) electrons. The summed E-state index contributed by atoms with van der Waals surface area (Å²) >= 11 is 0. The van der Waals surface area contributed by atoms with E-state index in [1.165, 1.54) is 13.2 Å². The molecule has 1 rings (SSSR count). The number of benzene rings is 1. The molecule has 18 heavy (non-hydrogen) atoms. The molecule has 1 unspecified atom stereocenters. The lowest BCUT2D eigenvalue weighted by Gasteiger charge is -2.21. The number of unbranched alkanes of at least 4 members (excludes halogenated alkanes) is 1. The predicted octanol–water partition coefficient (Wildman–Crippen LogP) is 2.57. The third-order valence-electron chi connectivity index (χ3n) is 3.01. The molecule has 0 fully saturated rings. The fourth-order valence-corrected chi connectivity index (χ4v) is 1.87. The Bertz CT molecular complexity index is 371. The Labute approximate surface area is 109 Å². The number of halogens is 1. The van der Waals surface area contributed by atoms with Crippen molar-refractivity contribution in [1.82, 2.24) is 4.90 Å². The number of nitrogens with two attached hydrogens (primary N) is 1. The van der Waals surface area contributed by atoms with Crippen LogP contribution < -0.4 is 10.5 Å². The van der Waals surface area contributed by atoms with Crippen LogP contribution in [0.5, 0.6) is 5.75 Å². The summed E-state index contributed by atoms with van der Waals surface area (Å²) in [7, 11) is 3.49. The summed E-state index contributed by atoms with van der Waals surface area (Å²) in [4.78, 5) is 2.18. The quantitative estimate of drug-likeness (QED) is 0.812. The van der Waals surface area contributed by atoms with E-state index in [-0.39, 0.29) is 17.6 Å². The van der Waals surface area contributed by atoms with Crippen LogP contribution in [0.3, 0.4) is 0 Å². The van der Waals surface area contributed by atoms with E-state index < -0.39 is 0 Å². The van der Waals surface area contributed by atoms with Crippen molar-refractivity contribution in [3.8, 4) is 5.75 Å². The van der Waals surface area contributed by atoms with E-state index in [2.05, 4.69) is 11.8 Å². The first-order valence-corrected chi connectivity index (χ1v) is 6.36. The van der Waals surface area contributed by atoms with Crippen LogP contribution in [-0.2, 0) is 0 Å². The van der Waals surface area contributed by atoms with E-state index >= 15 is 0 Å². The molecule has 0 amide bonds. The highest BCUT2D eigenvalue weighted by Crippen LogP contribution is 2.21. The lowest BCUT2D eigenvalue weighted by atomic mass is 10.1. The zero-order valence-corrected chi connectivity index (χ0v) is 11.4. The van der Waals surface area contributed by atoms with Crippen molar-refractivity contribution in [3.05, 3.63) is 29.6 Å². The molecule has 0 aromatic heterocycles. The highest BCUT2D eigenvalue weighted by molar-refractivity contribution is 5.31. The maximum absolute atomic E-state index is 13.6. The largest absolute Gasteiger partial charge is 0.494 e. The summed E-state index contributed by atoms with van der Waals surface area (Å²) in [6, 6.07) is 4.72. The summed E-state index contributed by atoms with van der Waals surface area (Å²) in [5.41, 5.74) is 6.88. The van der Waals surface area contributed by atoms with E-state index in [1.54, 1.807) is 6.07 Å². The molecule has 2 N–H and O–H groups in total. The summed E-state index contributed by atoms with van der Waals surface area (Å²) in [6.07, 6.45) is 2.32. The van der Waals surface area contributed by atoms with Gasteiger partial charge in [0.05, 0.1) is 7.11 Å². The van der Waals surface area contributed by atoms with Crippen molar-refractivity contribution >= 4 is 0 Å². The van der Waals surface area contributed by atoms with Gasteiger partial charge in [0.1, 0.15) is 0 Å².